The molecule has 0 unspecified atom stereocenters. The van der Waals surface area contributed by atoms with Gasteiger partial charge >= 0.3 is 0 Å². The second-order valence-corrected chi connectivity index (χ2v) is 10.1. The third kappa shape index (κ3) is 5.89. The minimum atomic E-state index is -4.03. The zero-order valence-corrected chi connectivity index (χ0v) is 22.1. The molecular weight excluding hydrogens is 506 g/mol. The van der Waals surface area contributed by atoms with Crippen LogP contribution >= 0.6 is 0 Å². The highest BCUT2D eigenvalue weighted by Gasteiger charge is 2.24. The van der Waals surface area contributed by atoms with Gasteiger partial charge in [-0.1, -0.05) is 42.5 Å². The van der Waals surface area contributed by atoms with Gasteiger partial charge in [0.05, 0.1) is 27.0 Å². The van der Waals surface area contributed by atoms with Crippen molar-refractivity contribution in [2.45, 2.75) is 12.8 Å². The van der Waals surface area contributed by atoms with Crippen molar-refractivity contribution in [1.29, 1.82) is 0 Å². The third-order valence-corrected chi connectivity index (χ3v) is 7.27. The van der Waals surface area contributed by atoms with Crippen molar-refractivity contribution < 1.29 is 22.6 Å². The van der Waals surface area contributed by atoms with Gasteiger partial charge in [0.25, 0.3) is 10.0 Å². The number of nitrogens with two attached hydrogens (primary N) is 2. The average molecular weight is 536 g/mol. The van der Waals surface area contributed by atoms with Gasteiger partial charge in [-0.15, -0.1) is 0 Å². The molecule has 1 aliphatic rings. The summed E-state index contributed by atoms with van der Waals surface area (Å²) in [5.74, 6) is 1.44. The van der Waals surface area contributed by atoms with Crippen molar-refractivity contribution in [2.24, 2.45) is 5.73 Å². The van der Waals surface area contributed by atoms with E-state index in [9.17, 15) is 8.42 Å². The second-order valence-electron chi connectivity index (χ2n) is 8.42. The summed E-state index contributed by atoms with van der Waals surface area (Å²) in [7, 11) is 0.556. The molecule has 11 heteroatoms. The van der Waals surface area contributed by atoms with Crippen LogP contribution in [0.4, 0.5) is 11.8 Å². The highest BCUT2D eigenvalue weighted by molar-refractivity contribution is 7.96. The highest BCUT2D eigenvalue weighted by Crippen LogP contribution is 2.39. The molecule has 0 saturated carbocycles. The van der Waals surface area contributed by atoms with E-state index in [0.717, 1.165) is 16.7 Å². The predicted octanol–water partition coefficient (Wildman–Crippen LogP) is 3.63. The van der Waals surface area contributed by atoms with Crippen molar-refractivity contribution in [2.75, 3.05) is 31.8 Å². The molecule has 0 bridgehead atoms. The Morgan fingerprint density at radius 1 is 1.03 bits per heavy atom. The Bertz CT molecular complexity index is 1510. The molecule has 2 aromatic carbocycles. The van der Waals surface area contributed by atoms with Gasteiger partial charge in [0.2, 0.25) is 11.7 Å². The van der Waals surface area contributed by atoms with Crippen LogP contribution < -0.4 is 30.4 Å². The first kappa shape index (κ1) is 26.6. The van der Waals surface area contributed by atoms with Crippen LogP contribution in [0.5, 0.6) is 17.2 Å². The number of ether oxygens (including phenoxy) is 3. The van der Waals surface area contributed by atoms with E-state index in [1.165, 1.54) is 27.5 Å². The molecule has 198 valence electrons. The Labute approximate surface area is 221 Å². The van der Waals surface area contributed by atoms with Crippen molar-refractivity contribution in [1.82, 2.24) is 9.97 Å². The summed E-state index contributed by atoms with van der Waals surface area (Å²) in [5, 5.41) is 0. The molecule has 5 N–H and O–H groups in total. The fourth-order valence-electron chi connectivity index (χ4n) is 4.02. The number of sulfonamides is 1. The summed E-state index contributed by atoms with van der Waals surface area (Å²) >= 11 is 0. The highest BCUT2D eigenvalue weighted by atomic mass is 32.2. The lowest BCUT2D eigenvalue weighted by Crippen LogP contribution is -2.22. The SMILES string of the molecule is COc1cc(Cc2cnc(NS(=O)(=O)C3=CCC(=Cc4ccccc4)C=C3N)nc2N)cc(OC)c1OC. The molecule has 0 amide bonds. The Hall–Kier alpha value is -4.51. The van der Waals surface area contributed by atoms with Gasteiger partial charge in [-0.25, -0.2) is 18.1 Å². The van der Waals surface area contributed by atoms with Gasteiger partial charge in [-0.2, -0.15) is 4.98 Å². The monoisotopic (exact) mass is 535 g/mol. The number of rotatable bonds is 9. The van der Waals surface area contributed by atoms with E-state index in [1.807, 2.05) is 36.4 Å². The number of allylic oxidation sites excluding steroid dienone is 3. The number of benzene rings is 2. The summed E-state index contributed by atoms with van der Waals surface area (Å²) < 4.78 is 44.6. The number of aromatic nitrogens is 2. The summed E-state index contributed by atoms with van der Waals surface area (Å²) in [6.07, 6.45) is 7.40. The zero-order chi connectivity index (χ0) is 27.3. The number of anilines is 2. The second kappa shape index (κ2) is 11.3. The molecule has 38 heavy (non-hydrogen) atoms. The Kier molecular flexibility index (Phi) is 7.87. The quantitative estimate of drug-likeness (QED) is 0.373. The van der Waals surface area contributed by atoms with Crippen LogP contribution in [0.1, 0.15) is 23.1 Å². The lowest BCUT2D eigenvalue weighted by Gasteiger charge is -2.16. The lowest BCUT2D eigenvalue weighted by molar-refractivity contribution is 0.324. The van der Waals surface area contributed by atoms with Crippen LogP contribution in [-0.4, -0.2) is 39.7 Å². The van der Waals surface area contributed by atoms with E-state index in [2.05, 4.69) is 14.7 Å². The maximum Gasteiger partial charge on any atom is 0.265 e. The smallest absolute Gasteiger partial charge is 0.265 e. The molecule has 1 aromatic heterocycles. The maximum absolute atomic E-state index is 13.0. The van der Waals surface area contributed by atoms with Crippen molar-refractivity contribution in [3.05, 3.63) is 93.7 Å². The molecular formula is C27H29N5O5S. The Morgan fingerprint density at radius 3 is 2.29 bits per heavy atom. The topological polar surface area (TPSA) is 152 Å². The van der Waals surface area contributed by atoms with E-state index in [1.54, 1.807) is 24.3 Å². The lowest BCUT2D eigenvalue weighted by atomic mass is 10.0. The van der Waals surface area contributed by atoms with Crippen molar-refractivity contribution in [3.63, 3.8) is 0 Å². The summed E-state index contributed by atoms with van der Waals surface area (Å²) in [5.41, 5.74) is 15.7. The molecule has 3 aromatic rings. The van der Waals surface area contributed by atoms with Gasteiger partial charge in [-0.05, 0) is 41.3 Å². The minimum Gasteiger partial charge on any atom is -0.493 e. The van der Waals surface area contributed by atoms with Crippen LogP contribution in [0.15, 0.2) is 77.0 Å². The van der Waals surface area contributed by atoms with Crippen molar-refractivity contribution in [3.8, 4) is 17.2 Å². The van der Waals surface area contributed by atoms with E-state index in [4.69, 9.17) is 25.7 Å². The van der Waals surface area contributed by atoms with Gasteiger partial charge < -0.3 is 25.7 Å². The normalized spacial score (nSPS) is 14.4. The summed E-state index contributed by atoms with van der Waals surface area (Å²) in [6.45, 7) is 0. The summed E-state index contributed by atoms with van der Waals surface area (Å²) in [4.78, 5) is 8.28. The first-order valence-corrected chi connectivity index (χ1v) is 13.1. The van der Waals surface area contributed by atoms with Gasteiger partial charge in [0, 0.05) is 18.2 Å². The van der Waals surface area contributed by atoms with Gasteiger partial charge in [0.1, 0.15) is 10.7 Å². The van der Waals surface area contributed by atoms with Crippen LogP contribution in [0.25, 0.3) is 6.08 Å². The van der Waals surface area contributed by atoms with E-state index in [-0.39, 0.29) is 22.4 Å². The molecule has 0 atom stereocenters. The van der Waals surface area contributed by atoms with Crippen LogP contribution in [-0.2, 0) is 16.4 Å². The predicted molar refractivity (Wildman–Crippen MR) is 147 cm³/mol. The van der Waals surface area contributed by atoms with Crippen LogP contribution in [0.3, 0.4) is 0 Å². The first-order chi connectivity index (χ1) is 18.2. The van der Waals surface area contributed by atoms with Crippen LogP contribution in [0, 0.1) is 0 Å². The number of nitrogens with one attached hydrogen (secondary N) is 1. The number of nitrogen functional groups attached to an aromatic ring is 1. The molecule has 0 fully saturated rings. The number of hydrogen-bond donors (Lipinski definition) is 3. The molecule has 0 radical (unpaired) electrons. The largest absolute Gasteiger partial charge is 0.493 e. The Morgan fingerprint density at radius 2 is 1.71 bits per heavy atom. The summed E-state index contributed by atoms with van der Waals surface area (Å²) in [6, 6.07) is 13.3. The molecule has 0 spiro atoms. The standard InChI is InChI=1S/C27H29N5O5S/c1-35-22-14-19(15-23(36-2)25(22)37-3)12-20-16-30-27(31-26(20)29)32-38(33,34)24-10-9-18(13-21(24)28)11-17-7-5-4-6-8-17/h4-8,10-11,13-16H,9,12,28H2,1-3H3,(H3,29,30,31,32). The molecule has 0 aliphatic heterocycles. The molecule has 0 saturated heterocycles. The van der Waals surface area contributed by atoms with Crippen molar-refractivity contribution >= 4 is 27.9 Å². The van der Waals surface area contributed by atoms with Gasteiger partial charge in [0.15, 0.2) is 11.5 Å². The molecule has 4 rings (SSSR count). The number of hydrogen-bond acceptors (Lipinski definition) is 9. The number of nitrogens with zero attached hydrogens (tertiary/aromatic N) is 2. The fraction of sp³-hybridized carbons (Fsp3) is 0.185. The molecule has 10 nitrogen and oxygen atoms in total. The third-order valence-electron chi connectivity index (χ3n) is 5.83. The minimum absolute atomic E-state index is 0.0358. The molecule has 1 heterocycles. The fourth-order valence-corrected chi connectivity index (χ4v) is 5.15. The Balaban J connectivity index is 1.50. The number of methoxy groups -OCH3 is 3. The average Bonchev–Trinajstić information content (AvgIpc) is 2.90. The van der Waals surface area contributed by atoms with Crippen LogP contribution in [0.2, 0.25) is 0 Å². The van der Waals surface area contributed by atoms with E-state index < -0.39 is 10.0 Å². The zero-order valence-electron chi connectivity index (χ0n) is 21.3. The van der Waals surface area contributed by atoms with E-state index >= 15 is 0 Å². The maximum atomic E-state index is 13.0. The molecule has 1 aliphatic carbocycles. The van der Waals surface area contributed by atoms with E-state index in [0.29, 0.717) is 35.7 Å². The van der Waals surface area contributed by atoms with Gasteiger partial charge in [-0.3, -0.25) is 0 Å². The first-order valence-electron chi connectivity index (χ1n) is 11.6.